The van der Waals surface area contributed by atoms with Crippen LogP contribution in [0.1, 0.15) is 24.0 Å². The van der Waals surface area contributed by atoms with Gasteiger partial charge in [-0.15, -0.1) is 0 Å². The molecule has 0 unspecified atom stereocenters. The molecule has 1 aliphatic rings. The van der Waals surface area contributed by atoms with Gasteiger partial charge < -0.3 is 0 Å². The van der Waals surface area contributed by atoms with Gasteiger partial charge in [0.2, 0.25) is 0 Å². The van der Waals surface area contributed by atoms with Gasteiger partial charge in [0.05, 0.1) is 11.5 Å². The van der Waals surface area contributed by atoms with Crippen LogP contribution in [0.4, 0.5) is 0 Å². The van der Waals surface area contributed by atoms with E-state index < -0.39 is 0 Å². The zero-order valence-corrected chi connectivity index (χ0v) is 10.7. The van der Waals surface area contributed by atoms with Crippen LogP contribution in [0.5, 0.6) is 0 Å². The third-order valence-electron chi connectivity index (χ3n) is 2.71. The summed E-state index contributed by atoms with van der Waals surface area (Å²) in [6.07, 6.45) is 2.01. The SMILES string of the molecule is N#CC1(c2ccc(Br)c(CBr)c2)CC1. The van der Waals surface area contributed by atoms with E-state index >= 15 is 0 Å². The van der Waals surface area contributed by atoms with Gasteiger partial charge >= 0.3 is 0 Å². The Morgan fingerprint density at radius 3 is 2.64 bits per heavy atom. The van der Waals surface area contributed by atoms with E-state index in [1.165, 1.54) is 5.56 Å². The monoisotopic (exact) mass is 313 g/mol. The summed E-state index contributed by atoms with van der Waals surface area (Å²) < 4.78 is 1.10. The van der Waals surface area contributed by atoms with Crippen molar-refractivity contribution in [2.45, 2.75) is 23.6 Å². The highest BCUT2D eigenvalue weighted by Crippen LogP contribution is 2.48. The molecule has 1 fully saturated rings. The maximum Gasteiger partial charge on any atom is 0.0823 e. The summed E-state index contributed by atoms with van der Waals surface area (Å²) in [7, 11) is 0. The normalized spacial score (nSPS) is 17.5. The lowest BCUT2D eigenvalue weighted by Crippen LogP contribution is -2.02. The van der Waals surface area contributed by atoms with Crippen molar-refractivity contribution >= 4 is 31.9 Å². The highest BCUT2D eigenvalue weighted by molar-refractivity contribution is 9.10. The zero-order valence-electron chi connectivity index (χ0n) is 7.56. The van der Waals surface area contributed by atoms with Crippen molar-refractivity contribution in [1.29, 1.82) is 5.26 Å². The lowest BCUT2D eigenvalue weighted by Gasteiger charge is -2.08. The van der Waals surface area contributed by atoms with E-state index in [1.54, 1.807) is 0 Å². The van der Waals surface area contributed by atoms with Crippen LogP contribution >= 0.6 is 31.9 Å². The fourth-order valence-electron chi connectivity index (χ4n) is 1.56. The summed E-state index contributed by atoms with van der Waals surface area (Å²) >= 11 is 6.93. The van der Waals surface area contributed by atoms with Crippen molar-refractivity contribution in [3.63, 3.8) is 0 Å². The van der Waals surface area contributed by atoms with Gasteiger partial charge in [0.15, 0.2) is 0 Å². The van der Waals surface area contributed by atoms with E-state index in [1.807, 2.05) is 12.1 Å². The number of nitrogens with zero attached hydrogens (tertiary/aromatic N) is 1. The molecule has 1 aliphatic carbocycles. The largest absolute Gasteiger partial charge is 0.197 e. The van der Waals surface area contributed by atoms with Crippen LogP contribution in [-0.4, -0.2) is 0 Å². The van der Waals surface area contributed by atoms with E-state index in [-0.39, 0.29) is 5.41 Å². The molecule has 14 heavy (non-hydrogen) atoms. The molecular weight excluding hydrogens is 306 g/mol. The maximum atomic E-state index is 9.07. The Bertz CT molecular complexity index is 402. The van der Waals surface area contributed by atoms with Crippen LogP contribution in [0.2, 0.25) is 0 Å². The molecule has 72 valence electrons. The quantitative estimate of drug-likeness (QED) is 0.760. The number of benzene rings is 1. The maximum absolute atomic E-state index is 9.07. The molecule has 1 nitrogen and oxygen atoms in total. The Labute approximate surface area is 100 Å². The Morgan fingerprint density at radius 1 is 1.43 bits per heavy atom. The van der Waals surface area contributed by atoms with Crippen LogP contribution in [-0.2, 0) is 10.7 Å². The van der Waals surface area contributed by atoms with Crippen molar-refractivity contribution in [1.82, 2.24) is 0 Å². The molecule has 2 rings (SSSR count). The number of rotatable bonds is 2. The van der Waals surface area contributed by atoms with Crippen LogP contribution < -0.4 is 0 Å². The summed E-state index contributed by atoms with van der Waals surface area (Å²) in [6.45, 7) is 0. The highest BCUT2D eigenvalue weighted by atomic mass is 79.9. The molecule has 1 saturated carbocycles. The van der Waals surface area contributed by atoms with Gasteiger partial charge in [-0.25, -0.2) is 0 Å². The van der Waals surface area contributed by atoms with Crippen LogP contribution in [0.15, 0.2) is 22.7 Å². The first-order valence-corrected chi connectivity index (χ1v) is 6.39. The van der Waals surface area contributed by atoms with E-state index in [2.05, 4.69) is 44.0 Å². The average molecular weight is 315 g/mol. The predicted molar refractivity (Wildman–Crippen MR) is 63.3 cm³/mol. The van der Waals surface area contributed by atoms with Gasteiger partial charge in [-0.05, 0) is 30.0 Å². The molecular formula is C11H9Br2N. The molecule has 0 aromatic heterocycles. The van der Waals surface area contributed by atoms with E-state index in [0.29, 0.717) is 0 Å². The third kappa shape index (κ3) is 1.62. The first-order valence-electron chi connectivity index (χ1n) is 4.48. The van der Waals surface area contributed by atoms with E-state index in [0.717, 1.165) is 28.2 Å². The Kier molecular flexibility index (Phi) is 2.68. The average Bonchev–Trinajstić information content (AvgIpc) is 2.99. The minimum Gasteiger partial charge on any atom is -0.197 e. The second kappa shape index (κ2) is 3.67. The minimum absolute atomic E-state index is 0.169. The van der Waals surface area contributed by atoms with Crippen LogP contribution in [0, 0.1) is 11.3 Å². The van der Waals surface area contributed by atoms with Crippen molar-refractivity contribution in [2.75, 3.05) is 0 Å². The molecule has 0 atom stereocenters. The number of halogens is 2. The molecule has 0 amide bonds. The first-order chi connectivity index (χ1) is 6.72. The van der Waals surface area contributed by atoms with E-state index in [4.69, 9.17) is 5.26 Å². The minimum atomic E-state index is -0.169. The number of nitriles is 1. The lowest BCUT2D eigenvalue weighted by atomic mass is 9.96. The van der Waals surface area contributed by atoms with Gasteiger partial charge in [-0.3, -0.25) is 0 Å². The standard InChI is InChI=1S/C11H9Br2N/c12-6-8-5-9(1-2-10(8)13)11(7-14)3-4-11/h1-2,5H,3-4,6H2. The molecule has 0 radical (unpaired) electrons. The molecule has 0 heterocycles. The third-order valence-corrected chi connectivity index (χ3v) is 4.08. The van der Waals surface area contributed by atoms with Gasteiger partial charge in [-0.2, -0.15) is 5.26 Å². The van der Waals surface area contributed by atoms with Crippen molar-refractivity contribution in [2.24, 2.45) is 0 Å². The van der Waals surface area contributed by atoms with Gasteiger partial charge in [0.1, 0.15) is 0 Å². The molecule has 0 bridgehead atoms. The van der Waals surface area contributed by atoms with Crippen molar-refractivity contribution in [3.05, 3.63) is 33.8 Å². The van der Waals surface area contributed by atoms with Gasteiger partial charge in [0.25, 0.3) is 0 Å². The van der Waals surface area contributed by atoms with Crippen molar-refractivity contribution in [3.8, 4) is 6.07 Å². The van der Waals surface area contributed by atoms with Crippen molar-refractivity contribution < 1.29 is 0 Å². The van der Waals surface area contributed by atoms with E-state index in [9.17, 15) is 0 Å². The first kappa shape index (κ1) is 10.2. The second-order valence-electron chi connectivity index (χ2n) is 3.63. The number of alkyl halides is 1. The predicted octanol–water partition coefficient (Wildman–Crippen LogP) is 3.90. The lowest BCUT2D eigenvalue weighted by molar-refractivity contribution is 0.905. The Balaban J connectivity index is 2.42. The highest BCUT2D eigenvalue weighted by Gasteiger charge is 2.44. The topological polar surface area (TPSA) is 23.8 Å². The molecule has 1 aromatic carbocycles. The smallest absolute Gasteiger partial charge is 0.0823 e. The molecule has 1 aromatic rings. The summed E-state index contributed by atoms with van der Waals surface area (Å²) in [5.74, 6) is 0. The number of hydrogen-bond donors (Lipinski definition) is 0. The summed E-state index contributed by atoms with van der Waals surface area (Å²) in [5, 5.41) is 9.89. The van der Waals surface area contributed by atoms with Gasteiger partial charge in [0, 0.05) is 9.80 Å². The Hall–Kier alpha value is -0.330. The molecule has 0 aliphatic heterocycles. The fourth-order valence-corrected chi connectivity index (χ4v) is 2.79. The molecule has 0 saturated heterocycles. The fraction of sp³-hybridized carbons (Fsp3) is 0.364. The number of hydrogen-bond acceptors (Lipinski definition) is 1. The zero-order chi connectivity index (χ0) is 10.2. The second-order valence-corrected chi connectivity index (χ2v) is 5.05. The van der Waals surface area contributed by atoms with Crippen LogP contribution in [0.25, 0.3) is 0 Å². The Morgan fingerprint density at radius 2 is 2.14 bits per heavy atom. The molecule has 3 heteroatoms. The van der Waals surface area contributed by atoms with Gasteiger partial charge in [-0.1, -0.05) is 44.0 Å². The summed E-state index contributed by atoms with van der Waals surface area (Å²) in [5.41, 5.74) is 2.21. The summed E-state index contributed by atoms with van der Waals surface area (Å²) in [6, 6.07) is 8.61. The molecule has 0 spiro atoms. The molecule has 0 N–H and O–H groups in total. The summed E-state index contributed by atoms with van der Waals surface area (Å²) in [4.78, 5) is 0. The van der Waals surface area contributed by atoms with Crippen LogP contribution in [0.3, 0.4) is 0 Å².